The Hall–Kier alpha value is -2.51. The molecule has 0 saturated carbocycles. The van der Waals surface area contributed by atoms with E-state index in [-0.39, 0.29) is 11.0 Å². The van der Waals surface area contributed by atoms with Crippen LogP contribution in [0.4, 0.5) is 5.69 Å². The highest BCUT2D eigenvalue weighted by molar-refractivity contribution is 9.10. The molecule has 0 fully saturated rings. The van der Waals surface area contributed by atoms with Crippen molar-refractivity contribution in [3.63, 3.8) is 0 Å². The van der Waals surface area contributed by atoms with Gasteiger partial charge < -0.3 is 10.1 Å². The van der Waals surface area contributed by atoms with Gasteiger partial charge in [0.15, 0.2) is 5.11 Å². The van der Waals surface area contributed by atoms with Crippen molar-refractivity contribution in [3.8, 4) is 5.75 Å². The zero-order valence-electron chi connectivity index (χ0n) is 14.9. The van der Waals surface area contributed by atoms with Gasteiger partial charge in [0, 0.05) is 22.3 Å². The van der Waals surface area contributed by atoms with Gasteiger partial charge in [-0.15, -0.1) is 0 Å². The smallest absolute Gasteiger partial charge is 0.257 e. The molecule has 5 nitrogen and oxygen atoms in total. The number of aromatic nitrogens is 1. The van der Waals surface area contributed by atoms with Gasteiger partial charge in [-0.3, -0.25) is 15.1 Å². The molecule has 27 heavy (non-hydrogen) atoms. The van der Waals surface area contributed by atoms with Crippen LogP contribution in [0.25, 0.3) is 10.9 Å². The predicted octanol–water partition coefficient (Wildman–Crippen LogP) is 4.83. The number of ether oxygens (including phenoxy) is 1. The second kappa shape index (κ2) is 8.45. The second-order valence-electron chi connectivity index (χ2n) is 5.81. The van der Waals surface area contributed by atoms with E-state index in [4.69, 9.17) is 17.0 Å². The number of carbonyl (C=O) groups is 1. The van der Waals surface area contributed by atoms with Gasteiger partial charge >= 0.3 is 0 Å². The standard InChI is InChI=1S/C20H18BrN3O2S/c1-3-26-18-10-8-13(11-15(18)21)19(25)24-20(27)23-17-6-4-5-16-14(17)9-7-12(2)22-16/h4-11H,3H2,1-2H3,(H2,23,24,25,27). The van der Waals surface area contributed by atoms with Crippen molar-refractivity contribution in [2.24, 2.45) is 0 Å². The number of pyridine rings is 1. The first-order valence-corrected chi connectivity index (χ1v) is 9.59. The molecule has 2 aromatic carbocycles. The molecule has 138 valence electrons. The molecule has 2 N–H and O–H groups in total. The zero-order valence-corrected chi connectivity index (χ0v) is 17.3. The molecule has 0 unspecified atom stereocenters. The van der Waals surface area contributed by atoms with E-state index in [1.54, 1.807) is 18.2 Å². The summed E-state index contributed by atoms with van der Waals surface area (Å²) in [4.78, 5) is 17.0. The lowest BCUT2D eigenvalue weighted by Crippen LogP contribution is -2.34. The molecule has 1 amide bonds. The van der Waals surface area contributed by atoms with Gasteiger partial charge in [0.1, 0.15) is 5.75 Å². The Kier molecular flexibility index (Phi) is 6.03. The normalized spacial score (nSPS) is 10.5. The molecule has 1 aromatic heterocycles. The third-order valence-electron chi connectivity index (χ3n) is 3.84. The maximum absolute atomic E-state index is 12.5. The SMILES string of the molecule is CCOc1ccc(C(=O)NC(=S)Nc2cccc3nc(C)ccc23)cc1Br. The van der Waals surface area contributed by atoms with E-state index in [1.807, 2.05) is 44.2 Å². The number of nitrogens with one attached hydrogen (secondary N) is 2. The first-order valence-electron chi connectivity index (χ1n) is 8.39. The number of fused-ring (bicyclic) bond motifs is 1. The summed E-state index contributed by atoms with van der Waals surface area (Å²) in [5.74, 6) is 0.388. The van der Waals surface area contributed by atoms with Gasteiger partial charge in [-0.05, 0) is 84.5 Å². The van der Waals surface area contributed by atoms with Gasteiger partial charge in [0.25, 0.3) is 5.91 Å². The molecular formula is C20H18BrN3O2S. The fraction of sp³-hybridized carbons (Fsp3) is 0.150. The molecular weight excluding hydrogens is 426 g/mol. The first kappa shape index (κ1) is 19.3. The van der Waals surface area contributed by atoms with Crippen LogP contribution in [0.5, 0.6) is 5.75 Å². The van der Waals surface area contributed by atoms with Crippen LogP contribution in [0.15, 0.2) is 53.0 Å². The average Bonchev–Trinajstić information content (AvgIpc) is 2.63. The van der Waals surface area contributed by atoms with E-state index >= 15 is 0 Å². The number of amides is 1. The molecule has 0 aliphatic heterocycles. The second-order valence-corrected chi connectivity index (χ2v) is 7.07. The van der Waals surface area contributed by atoms with Crippen LogP contribution in [-0.2, 0) is 0 Å². The van der Waals surface area contributed by atoms with E-state index in [2.05, 4.69) is 31.5 Å². The third-order valence-corrected chi connectivity index (χ3v) is 4.66. The molecule has 0 atom stereocenters. The number of anilines is 1. The minimum absolute atomic E-state index is 0.220. The number of rotatable bonds is 4. The average molecular weight is 444 g/mol. The van der Waals surface area contributed by atoms with Crippen molar-refractivity contribution in [1.29, 1.82) is 0 Å². The van der Waals surface area contributed by atoms with Gasteiger partial charge in [0.05, 0.1) is 16.6 Å². The summed E-state index contributed by atoms with van der Waals surface area (Å²) in [6.45, 7) is 4.40. The number of thiocarbonyl (C=S) groups is 1. The Bertz CT molecular complexity index is 1020. The van der Waals surface area contributed by atoms with Crippen molar-refractivity contribution in [2.75, 3.05) is 11.9 Å². The maximum atomic E-state index is 12.5. The van der Waals surface area contributed by atoms with Crippen LogP contribution in [0.3, 0.4) is 0 Å². The molecule has 3 rings (SSSR count). The number of benzene rings is 2. The summed E-state index contributed by atoms with van der Waals surface area (Å²) in [6, 6.07) is 14.8. The van der Waals surface area contributed by atoms with E-state index in [0.29, 0.717) is 22.4 Å². The van der Waals surface area contributed by atoms with Crippen molar-refractivity contribution >= 4 is 55.8 Å². The summed E-state index contributed by atoms with van der Waals surface area (Å²) in [7, 11) is 0. The first-order chi connectivity index (χ1) is 13.0. The molecule has 0 spiro atoms. The summed E-state index contributed by atoms with van der Waals surface area (Å²) < 4.78 is 6.17. The molecule has 3 aromatic rings. The van der Waals surface area contributed by atoms with Gasteiger partial charge in [-0.25, -0.2) is 0 Å². The lowest BCUT2D eigenvalue weighted by atomic mass is 10.1. The van der Waals surface area contributed by atoms with Gasteiger partial charge in [-0.1, -0.05) is 6.07 Å². The number of aryl methyl sites for hydroxylation is 1. The summed E-state index contributed by atoms with van der Waals surface area (Å²) in [6.07, 6.45) is 0. The molecule has 0 aliphatic rings. The van der Waals surface area contributed by atoms with E-state index in [1.165, 1.54) is 0 Å². The van der Waals surface area contributed by atoms with Crippen LogP contribution < -0.4 is 15.4 Å². The molecule has 7 heteroatoms. The molecule has 0 bridgehead atoms. The Morgan fingerprint density at radius 2 is 2.04 bits per heavy atom. The number of hydrogen-bond donors (Lipinski definition) is 2. The number of hydrogen-bond acceptors (Lipinski definition) is 4. The Labute approximate surface area is 171 Å². The fourth-order valence-corrected chi connectivity index (χ4v) is 3.31. The van der Waals surface area contributed by atoms with Crippen LogP contribution in [0.2, 0.25) is 0 Å². The van der Waals surface area contributed by atoms with Crippen molar-refractivity contribution in [2.45, 2.75) is 13.8 Å². The summed E-state index contributed by atoms with van der Waals surface area (Å²) in [5.41, 5.74) is 3.07. The van der Waals surface area contributed by atoms with Gasteiger partial charge in [0.2, 0.25) is 0 Å². The number of carbonyl (C=O) groups excluding carboxylic acids is 1. The van der Waals surface area contributed by atoms with Crippen LogP contribution in [0.1, 0.15) is 23.0 Å². The lowest BCUT2D eigenvalue weighted by Gasteiger charge is -2.12. The van der Waals surface area contributed by atoms with E-state index in [9.17, 15) is 4.79 Å². The minimum Gasteiger partial charge on any atom is -0.493 e. The van der Waals surface area contributed by atoms with Crippen molar-refractivity contribution < 1.29 is 9.53 Å². The Balaban J connectivity index is 1.73. The van der Waals surface area contributed by atoms with Crippen LogP contribution >= 0.6 is 28.1 Å². The largest absolute Gasteiger partial charge is 0.493 e. The topological polar surface area (TPSA) is 63.2 Å². The van der Waals surface area contributed by atoms with E-state index in [0.717, 1.165) is 22.3 Å². The quantitative estimate of drug-likeness (QED) is 0.565. The Morgan fingerprint density at radius 1 is 1.22 bits per heavy atom. The molecule has 0 aliphatic carbocycles. The highest BCUT2D eigenvalue weighted by Crippen LogP contribution is 2.26. The lowest BCUT2D eigenvalue weighted by molar-refractivity contribution is 0.0977. The van der Waals surface area contributed by atoms with Crippen LogP contribution in [-0.4, -0.2) is 22.6 Å². The van der Waals surface area contributed by atoms with Crippen molar-refractivity contribution in [1.82, 2.24) is 10.3 Å². The monoisotopic (exact) mass is 443 g/mol. The predicted molar refractivity (Wildman–Crippen MR) is 115 cm³/mol. The maximum Gasteiger partial charge on any atom is 0.257 e. The zero-order chi connectivity index (χ0) is 19.4. The highest BCUT2D eigenvalue weighted by atomic mass is 79.9. The molecule has 0 saturated heterocycles. The number of nitrogens with zero attached hydrogens (tertiary/aromatic N) is 1. The molecule has 0 radical (unpaired) electrons. The number of halogens is 1. The van der Waals surface area contributed by atoms with Crippen molar-refractivity contribution in [3.05, 3.63) is 64.3 Å². The van der Waals surface area contributed by atoms with Crippen LogP contribution in [0, 0.1) is 6.92 Å². The van der Waals surface area contributed by atoms with Gasteiger partial charge in [-0.2, -0.15) is 0 Å². The molecule has 1 heterocycles. The third kappa shape index (κ3) is 4.61. The van der Waals surface area contributed by atoms with E-state index < -0.39 is 0 Å². The minimum atomic E-state index is -0.301. The summed E-state index contributed by atoms with van der Waals surface area (Å²) >= 11 is 8.71. The highest BCUT2D eigenvalue weighted by Gasteiger charge is 2.12. The summed E-state index contributed by atoms with van der Waals surface area (Å²) in [5, 5.41) is 6.93. The fourth-order valence-electron chi connectivity index (χ4n) is 2.61. The Morgan fingerprint density at radius 3 is 2.78 bits per heavy atom.